The highest BCUT2D eigenvalue weighted by Gasteiger charge is 1.99. The maximum absolute atomic E-state index is 3.74. The summed E-state index contributed by atoms with van der Waals surface area (Å²) in [6, 6.07) is 4.12. The summed E-state index contributed by atoms with van der Waals surface area (Å²) in [5.74, 6) is 0. The molecular weight excluding hydrogens is 208 g/mol. The minimum absolute atomic E-state index is 0.880. The first-order chi connectivity index (χ1) is 8.28. The molecule has 1 aliphatic heterocycles. The minimum atomic E-state index is 0.880. The van der Waals surface area contributed by atoms with Crippen molar-refractivity contribution in [3.05, 3.63) is 72.9 Å². The van der Waals surface area contributed by atoms with E-state index in [1.165, 1.54) is 5.57 Å². The molecule has 0 radical (unpaired) electrons. The Bertz CT molecular complexity index is 462. The average Bonchev–Trinajstić information content (AvgIpc) is 2.39. The molecule has 2 heterocycles. The van der Waals surface area contributed by atoms with Crippen molar-refractivity contribution in [1.82, 2.24) is 4.90 Å². The average molecular weight is 225 g/mol. The van der Waals surface area contributed by atoms with Crippen molar-refractivity contribution in [3.8, 4) is 0 Å². The van der Waals surface area contributed by atoms with E-state index < -0.39 is 0 Å². The predicted octanol–water partition coefficient (Wildman–Crippen LogP) is 2.52. The van der Waals surface area contributed by atoms with Crippen LogP contribution in [-0.2, 0) is 6.54 Å². The van der Waals surface area contributed by atoms with Crippen LogP contribution in [0.15, 0.2) is 67.3 Å². The summed E-state index contributed by atoms with van der Waals surface area (Å²) in [5, 5.41) is 0. The Hall–Kier alpha value is -2.09. The zero-order valence-corrected chi connectivity index (χ0v) is 10.1. The quantitative estimate of drug-likeness (QED) is 0.717. The highest BCUT2D eigenvalue weighted by molar-refractivity contribution is 5.44. The third-order valence-electron chi connectivity index (χ3n) is 2.69. The molecule has 0 fully saturated rings. The fraction of sp³-hybridized carbons (Fsp3) is 0.133. The monoisotopic (exact) mass is 225 g/mol. The van der Waals surface area contributed by atoms with Crippen LogP contribution >= 0.6 is 0 Å². The first-order valence-electron chi connectivity index (χ1n) is 5.68. The van der Waals surface area contributed by atoms with Crippen LogP contribution in [0.2, 0.25) is 0 Å². The number of pyridine rings is 1. The van der Waals surface area contributed by atoms with E-state index in [2.05, 4.69) is 66.3 Å². The molecule has 0 unspecified atom stereocenters. The maximum Gasteiger partial charge on any atom is 0.169 e. The smallest absolute Gasteiger partial charge is 0.169 e. The zero-order chi connectivity index (χ0) is 12.1. The second-order valence-corrected chi connectivity index (χ2v) is 4.03. The second kappa shape index (κ2) is 5.30. The van der Waals surface area contributed by atoms with Gasteiger partial charge >= 0.3 is 0 Å². The van der Waals surface area contributed by atoms with Gasteiger partial charge in [0.1, 0.15) is 0 Å². The molecule has 0 amide bonds. The van der Waals surface area contributed by atoms with Gasteiger partial charge in [0.05, 0.1) is 0 Å². The van der Waals surface area contributed by atoms with E-state index in [0.29, 0.717) is 0 Å². The molecule has 0 spiro atoms. The molecule has 0 bridgehead atoms. The van der Waals surface area contributed by atoms with Crippen molar-refractivity contribution in [1.29, 1.82) is 0 Å². The highest BCUT2D eigenvalue weighted by atomic mass is 15.0. The summed E-state index contributed by atoms with van der Waals surface area (Å²) >= 11 is 0. The van der Waals surface area contributed by atoms with Crippen LogP contribution in [0.1, 0.15) is 5.56 Å². The number of nitrogens with zero attached hydrogens (tertiary/aromatic N) is 2. The third kappa shape index (κ3) is 3.18. The minimum Gasteiger partial charge on any atom is -0.357 e. The molecule has 0 atom stereocenters. The first-order valence-corrected chi connectivity index (χ1v) is 5.68. The van der Waals surface area contributed by atoms with Gasteiger partial charge in [-0.05, 0) is 29.4 Å². The lowest BCUT2D eigenvalue weighted by molar-refractivity contribution is -0.687. The summed E-state index contributed by atoms with van der Waals surface area (Å²) in [4.78, 5) is 2.03. The molecule has 1 aliphatic rings. The van der Waals surface area contributed by atoms with Gasteiger partial charge in [0, 0.05) is 31.6 Å². The molecule has 86 valence electrons. The number of hydrogen-bond acceptors (Lipinski definition) is 1. The lowest BCUT2D eigenvalue weighted by Gasteiger charge is -2.11. The first kappa shape index (κ1) is 11.4. The van der Waals surface area contributed by atoms with Crippen molar-refractivity contribution in [2.24, 2.45) is 0 Å². The summed E-state index contributed by atoms with van der Waals surface area (Å²) in [6.45, 7) is 4.62. The summed E-state index contributed by atoms with van der Waals surface area (Å²) in [6.07, 6.45) is 16.5. The van der Waals surface area contributed by atoms with Gasteiger partial charge in [0.15, 0.2) is 18.9 Å². The van der Waals surface area contributed by atoms with E-state index in [-0.39, 0.29) is 0 Å². The summed E-state index contributed by atoms with van der Waals surface area (Å²) < 4.78 is 2.14. The largest absolute Gasteiger partial charge is 0.357 e. The van der Waals surface area contributed by atoms with Crippen molar-refractivity contribution >= 4 is 6.08 Å². The van der Waals surface area contributed by atoms with E-state index in [4.69, 9.17) is 0 Å². The van der Waals surface area contributed by atoms with Crippen LogP contribution in [0.5, 0.6) is 0 Å². The fourth-order valence-electron chi connectivity index (χ4n) is 1.59. The van der Waals surface area contributed by atoms with Crippen molar-refractivity contribution in [2.45, 2.75) is 6.54 Å². The van der Waals surface area contributed by atoms with Crippen molar-refractivity contribution in [3.63, 3.8) is 0 Å². The van der Waals surface area contributed by atoms with Gasteiger partial charge in [-0.2, -0.15) is 0 Å². The Morgan fingerprint density at radius 2 is 1.88 bits per heavy atom. The Kier molecular flexibility index (Phi) is 3.55. The van der Waals surface area contributed by atoms with Gasteiger partial charge < -0.3 is 4.90 Å². The Morgan fingerprint density at radius 3 is 2.47 bits per heavy atom. The SMILES string of the molecule is C=Cc1cc[n+](CC=C2C=CN(C)C=C2)cc1. The maximum atomic E-state index is 3.74. The Labute approximate surface area is 103 Å². The molecule has 0 saturated carbocycles. The van der Waals surface area contributed by atoms with Crippen molar-refractivity contribution < 1.29 is 4.57 Å². The molecule has 2 rings (SSSR count). The second-order valence-electron chi connectivity index (χ2n) is 4.03. The van der Waals surface area contributed by atoms with Gasteiger partial charge in [-0.25, -0.2) is 4.57 Å². The van der Waals surface area contributed by atoms with Gasteiger partial charge in [0.2, 0.25) is 0 Å². The predicted molar refractivity (Wildman–Crippen MR) is 70.9 cm³/mol. The molecule has 0 aliphatic carbocycles. The van der Waals surface area contributed by atoms with E-state index in [1.54, 1.807) is 0 Å². The summed E-state index contributed by atoms with van der Waals surface area (Å²) in [7, 11) is 2.02. The Balaban J connectivity index is 2.02. The molecule has 1 aromatic rings. The fourth-order valence-corrected chi connectivity index (χ4v) is 1.59. The molecule has 17 heavy (non-hydrogen) atoms. The molecule has 2 heteroatoms. The van der Waals surface area contributed by atoms with Gasteiger partial charge in [-0.3, -0.25) is 0 Å². The van der Waals surface area contributed by atoms with Crippen LogP contribution in [0.4, 0.5) is 0 Å². The molecule has 0 saturated heterocycles. The van der Waals surface area contributed by atoms with Crippen molar-refractivity contribution in [2.75, 3.05) is 7.05 Å². The molecule has 2 nitrogen and oxygen atoms in total. The number of hydrogen-bond donors (Lipinski definition) is 0. The van der Waals surface area contributed by atoms with Gasteiger partial charge in [0.25, 0.3) is 0 Å². The zero-order valence-electron chi connectivity index (χ0n) is 10.1. The van der Waals surface area contributed by atoms with Crippen LogP contribution in [0, 0.1) is 0 Å². The van der Waals surface area contributed by atoms with E-state index in [9.17, 15) is 0 Å². The van der Waals surface area contributed by atoms with Crippen LogP contribution < -0.4 is 4.57 Å². The normalized spacial score (nSPS) is 13.9. The standard InChI is InChI=1S/C15H17N2/c1-3-14-6-11-17(12-7-14)13-8-15-4-9-16(2)10-5-15/h3-12H,1,13H2,2H3/q+1. The van der Waals surface area contributed by atoms with E-state index >= 15 is 0 Å². The van der Waals surface area contributed by atoms with E-state index in [0.717, 1.165) is 12.1 Å². The number of allylic oxidation sites excluding steroid dienone is 4. The summed E-state index contributed by atoms with van der Waals surface area (Å²) in [5.41, 5.74) is 2.39. The number of aromatic nitrogens is 1. The number of rotatable bonds is 3. The molecule has 0 N–H and O–H groups in total. The van der Waals surface area contributed by atoms with Crippen LogP contribution in [0.25, 0.3) is 6.08 Å². The van der Waals surface area contributed by atoms with Gasteiger partial charge in [-0.15, -0.1) is 0 Å². The third-order valence-corrected chi connectivity index (χ3v) is 2.69. The lowest BCUT2D eigenvalue weighted by atomic mass is 10.2. The molecule has 1 aromatic heterocycles. The van der Waals surface area contributed by atoms with Crippen LogP contribution in [-0.4, -0.2) is 11.9 Å². The topological polar surface area (TPSA) is 7.12 Å². The van der Waals surface area contributed by atoms with Crippen LogP contribution in [0.3, 0.4) is 0 Å². The van der Waals surface area contributed by atoms with Gasteiger partial charge in [-0.1, -0.05) is 12.7 Å². The van der Waals surface area contributed by atoms with E-state index in [1.807, 2.05) is 18.0 Å². The Morgan fingerprint density at radius 1 is 1.24 bits per heavy atom. The highest BCUT2D eigenvalue weighted by Crippen LogP contribution is 2.06. The molecule has 0 aromatic carbocycles. The molecular formula is C15H17N2+. The lowest BCUT2D eigenvalue weighted by Crippen LogP contribution is -2.31.